The van der Waals surface area contributed by atoms with Crippen LogP contribution in [0.1, 0.15) is 32.1 Å². The van der Waals surface area contributed by atoms with Crippen molar-refractivity contribution < 1.29 is 21.6 Å². The molecular weight excluding hydrogens is 303 g/mol. The van der Waals surface area contributed by atoms with Gasteiger partial charge in [-0.15, -0.1) is 11.6 Å². The second kappa shape index (κ2) is 7.13. The third-order valence-corrected chi connectivity index (χ3v) is 5.41. The lowest BCUT2D eigenvalue weighted by atomic mass is 9.91. The number of halogens is 4. The van der Waals surface area contributed by atoms with E-state index >= 15 is 0 Å². The number of hydrogen-bond acceptors (Lipinski definition) is 2. The average molecular weight is 322 g/mol. The molecule has 8 heteroatoms. The molecule has 1 rings (SSSR count). The van der Waals surface area contributed by atoms with Crippen molar-refractivity contribution in [1.82, 2.24) is 4.31 Å². The molecule has 1 aliphatic carbocycles. The first-order valence-electron chi connectivity index (χ1n) is 6.35. The second-order valence-electron chi connectivity index (χ2n) is 4.92. The molecule has 1 saturated carbocycles. The fourth-order valence-corrected chi connectivity index (χ4v) is 4.52. The van der Waals surface area contributed by atoms with E-state index in [1.54, 1.807) is 0 Å². The molecule has 0 aromatic rings. The third-order valence-electron chi connectivity index (χ3n) is 3.25. The van der Waals surface area contributed by atoms with Gasteiger partial charge in [0.2, 0.25) is 10.0 Å². The van der Waals surface area contributed by atoms with Gasteiger partial charge in [-0.05, 0) is 18.8 Å². The highest BCUT2D eigenvalue weighted by molar-refractivity contribution is 7.89. The number of nitrogens with zero attached hydrogens (tertiary/aromatic N) is 1. The van der Waals surface area contributed by atoms with Gasteiger partial charge in [-0.2, -0.15) is 17.5 Å². The molecule has 0 unspecified atom stereocenters. The molecule has 0 bridgehead atoms. The summed E-state index contributed by atoms with van der Waals surface area (Å²) in [4.78, 5) is 0. The molecule has 0 amide bonds. The van der Waals surface area contributed by atoms with Crippen LogP contribution >= 0.6 is 11.6 Å². The van der Waals surface area contributed by atoms with Crippen molar-refractivity contribution in [2.75, 3.05) is 24.7 Å². The van der Waals surface area contributed by atoms with Gasteiger partial charge < -0.3 is 0 Å². The summed E-state index contributed by atoms with van der Waals surface area (Å²) in [6.45, 7) is -1.75. The van der Waals surface area contributed by atoms with E-state index in [4.69, 9.17) is 11.6 Å². The van der Waals surface area contributed by atoms with E-state index in [0.717, 1.165) is 32.1 Å². The molecular formula is C11H19ClF3NO2S. The van der Waals surface area contributed by atoms with E-state index < -0.39 is 22.7 Å². The SMILES string of the molecule is O=S(=O)(CC1CCCCC1)N(CCCl)CC(F)(F)F. The van der Waals surface area contributed by atoms with Gasteiger partial charge in [-0.25, -0.2) is 8.42 Å². The van der Waals surface area contributed by atoms with Gasteiger partial charge in [0.15, 0.2) is 0 Å². The lowest BCUT2D eigenvalue weighted by Gasteiger charge is -2.27. The summed E-state index contributed by atoms with van der Waals surface area (Å²) in [5.74, 6) is -0.357. The predicted molar refractivity (Wildman–Crippen MR) is 68.7 cm³/mol. The number of alkyl halides is 4. The van der Waals surface area contributed by atoms with Crippen LogP contribution in [0, 0.1) is 5.92 Å². The Morgan fingerprint density at radius 2 is 1.74 bits per heavy atom. The third kappa shape index (κ3) is 6.31. The quantitative estimate of drug-likeness (QED) is 0.705. The van der Waals surface area contributed by atoms with Gasteiger partial charge in [-0.1, -0.05) is 19.3 Å². The topological polar surface area (TPSA) is 37.4 Å². The van der Waals surface area contributed by atoms with Crippen molar-refractivity contribution in [3.8, 4) is 0 Å². The van der Waals surface area contributed by atoms with Crippen LogP contribution in [-0.4, -0.2) is 43.6 Å². The molecule has 0 heterocycles. The summed E-state index contributed by atoms with van der Waals surface area (Å²) in [5, 5.41) is 0. The molecule has 1 fully saturated rings. The molecule has 19 heavy (non-hydrogen) atoms. The minimum Gasteiger partial charge on any atom is -0.212 e. The van der Waals surface area contributed by atoms with Crippen molar-refractivity contribution in [3.05, 3.63) is 0 Å². The zero-order chi connectivity index (χ0) is 14.5. The average Bonchev–Trinajstić information content (AvgIpc) is 2.27. The molecule has 0 atom stereocenters. The van der Waals surface area contributed by atoms with Gasteiger partial charge in [0, 0.05) is 12.4 Å². The van der Waals surface area contributed by atoms with Crippen molar-refractivity contribution in [3.63, 3.8) is 0 Å². The Hall–Kier alpha value is -0.0100. The lowest BCUT2D eigenvalue weighted by molar-refractivity contribution is -0.135. The van der Waals surface area contributed by atoms with E-state index in [2.05, 4.69) is 0 Å². The number of hydrogen-bond donors (Lipinski definition) is 0. The van der Waals surface area contributed by atoms with Crippen LogP contribution in [0.25, 0.3) is 0 Å². The van der Waals surface area contributed by atoms with Crippen molar-refractivity contribution in [1.29, 1.82) is 0 Å². The van der Waals surface area contributed by atoms with Crippen molar-refractivity contribution in [2.24, 2.45) is 5.92 Å². The first kappa shape index (κ1) is 17.0. The molecule has 0 spiro atoms. The van der Waals surface area contributed by atoms with Crippen LogP contribution in [0.3, 0.4) is 0 Å². The molecule has 0 aromatic carbocycles. The van der Waals surface area contributed by atoms with Crippen molar-refractivity contribution in [2.45, 2.75) is 38.3 Å². The van der Waals surface area contributed by atoms with Gasteiger partial charge in [-0.3, -0.25) is 0 Å². The van der Waals surface area contributed by atoms with Gasteiger partial charge >= 0.3 is 6.18 Å². The lowest BCUT2D eigenvalue weighted by Crippen LogP contribution is -2.42. The van der Waals surface area contributed by atoms with E-state index in [9.17, 15) is 21.6 Å². The smallest absolute Gasteiger partial charge is 0.212 e. The maximum atomic E-state index is 12.4. The van der Waals surface area contributed by atoms with Crippen LogP contribution in [0.15, 0.2) is 0 Å². The summed E-state index contributed by atoms with van der Waals surface area (Å²) in [6.07, 6.45) is 0.0000395. The summed E-state index contributed by atoms with van der Waals surface area (Å²) in [5.41, 5.74) is 0. The fraction of sp³-hybridized carbons (Fsp3) is 1.00. The monoisotopic (exact) mass is 321 g/mol. The minimum absolute atomic E-state index is 0.0233. The molecule has 0 saturated heterocycles. The first-order valence-corrected chi connectivity index (χ1v) is 8.49. The van der Waals surface area contributed by atoms with Crippen LogP contribution in [0.5, 0.6) is 0 Å². The summed E-state index contributed by atoms with van der Waals surface area (Å²) in [6, 6.07) is 0. The zero-order valence-electron chi connectivity index (χ0n) is 10.6. The Balaban J connectivity index is 2.68. The van der Waals surface area contributed by atoms with Crippen LogP contribution < -0.4 is 0 Å². The zero-order valence-corrected chi connectivity index (χ0v) is 12.2. The molecule has 0 aliphatic heterocycles. The van der Waals surface area contributed by atoms with Crippen LogP contribution in [0.2, 0.25) is 0 Å². The Bertz CT molecular complexity index is 367. The molecule has 0 N–H and O–H groups in total. The molecule has 114 valence electrons. The molecule has 0 radical (unpaired) electrons. The van der Waals surface area contributed by atoms with Crippen molar-refractivity contribution >= 4 is 21.6 Å². The largest absolute Gasteiger partial charge is 0.402 e. The maximum absolute atomic E-state index is 12.4. The highest BCUT2D eigenvalue weighted by Crippen LogP contribution is 2.27. The normalized spacial score (nSPS) is 19.0. The summed E-state index contributed by atoms with van der Waals surface area (Å²) < 4.78 is 61.7. The minimum atomic E-state index is -4.54. The van der Waals surface area contributed by atoms with Crippen LogP contribution in [-0.2, 0) is 10.0 Å². The molecule has 3 nitrogen and oxygen atoms in total. The van der Waals surface area contributed by atoms with E-state index in [1.807, 2.05) is 0 Å². The summed E-state index contributed by atoms with van der Waals surface area (Å²) >= 11 is 5.40. The standard InChI is InChI=1S/C11H19ClF3NO2S/c12-6-7-16(9-11(13,14)15)19(17,18)8-10-4-2-1-3-5-10/h10H,1-9H2. The highest BCUT2D eigenvalue weighted by atomic mass is 35.5. The van der Waals surface area contributed by atoms with Gasteiger partial charge in [0.25, 0.3) is 0 Å². The first-order chi connectivity index (χ1) is 8.74. The van der Waals surface area contributed by atoms with Crippen LogP contribution in [0.4, 0.5) is 13.2 Å². The molecule has 0 aromatic heterocycles. The Kier molecular flexibility index (Phi) is 6.39. The maximum Gasteiger partial charge on any atom is 0.402 e. The number of sulfonamides is 1. The highest BCUT2D eigenvalue weighted by Gasteiger charge is 2.36. The Morgan fingerprint density at radius 1 is 1.16 bits per heavy atom. The fourth-order valence-electron chi connectivity index (χ4n) is 2.37. The number of rotatable bonds is 6. The Morgan fingerprint density at radius 3 is 2.21 bits per heavy atom. The predicted octanol–water partition coefficient (Wildman–Crippen LogP) is 3.00. The summed E-state index contributed by atoms with van der Waals surface area (Å²) in [7, 11) is -3.89. The molecule has 1 aliphatic rings. The van der Waals surface area contributed by atoms with Gasteiger partial charge in [0.1, 0.15) is 6.54 Å². The van der Waals surface area contributed by atoms with E-state index in [1.165, 1.54) is 0 Å². The van der Waals surface area contributed by atoms with E-state index in [0.29, 0.717) is 4.31 Å². The van der Waals surface area contributed by atoms with Gasteiger partial charge in [0.05, 0.1) is 5.75 Å². The second-order valence-corrected chi connectivity index (χ2v) is 7.31. The van der Waals surface area contributed by atoms with E-state index in [-0.39, 0.29) is 24.1 Å². The Labute approximate surface area is 117 Å².